The van der Waals surface area contributed by atoms with E-state index in [1.54, 1.807) is 12.3 Å². The highest BCUT2D eigenvalue weighted by molar-refractivity contribution is 5.76. The highest BCUT2D eigenvalue weighted by Gasteiger charge is 2.80. The Morgan fingerprint density at radius 1 is 1.07 bits per heavy atom. The zero-order chi connectivity index (χ0) is 20.9. The van der Waals surface area contributed by atoms with Crippen molar-refractivity contribution in [3.63, 3.8) is 0 Å². The molecule has 1 aromatic heterocycles. The van der Waals surface area contributed by atoms with Crippen molar-refractivity contribution in [1.29, 1.82) is 0 Å². The van der Waals surface area contributed by atoms with Gasteiger partial charge in [0.25, 0.3) is 0 Å². The maximum absolute atomic E-state index is 11.8. The molecule has 5 fully saturated rings. The van der Waals surface area contributed by atoms with Crippen LogP contribution in [0.4, 0.5) is 0 Å². The van der Waals surface area contributed by atoms with E-state index in [9.17, 15) is 9.59 Å². The molecule has 1 amide bonds. The second-order valence-corrected chi connectivity index (χ2v) is 11.4. The molecule has 0 radical (unpaired) electrons. The van der Waals surface area contributed by atoms with Gasteiger partial charge in [-0.2, -0.15) is 0 Å². The van der Waals surface area contributed by atoms with E-state index in [4.69, 9.17) is 14.9 Å². The Hall–Kier alpha value is -1.62. The van der Waals surface area contributed by atoms with Crippen molar-refractivity contribution in [2.24, 2.45) is 40.2 Å². The van der Waals surface area contributed by atoms with Crippen LogP contribution < -0.4 is 11.4 Å². The van der Waals surface area contributed by atoms with Crippen LogP contribution in [-0.4, -0.2) is 17.6 Å². The molecule has 4 saturated carbocycles. The molecule has 2 heterocycles. The molecule has 0 bridgehead atoms. The normalized spacial score (nSPS) is 51.3. The molecule has 9 atom stereocenters. The van der Waals surface area contributed by atoms with Crippen LogP contribution in [-0.2, 0) is 9.53 Å². The van der Waals surface area contributed by atoms with Crippen LogP contribution in [0.2, 0.25) is 0 Å². The highest BCUT2D eigenvalue weighted by Crippen LogP contribution is 2.78. The van der Waals surface area contributed by atoms with Gasteiger partial charge < -0.3 is 14.9 Å². The number of amides is 1. The maximum Gasteiger partial charge on any atom is 0.335 e. The van der Waals surface area contributed by atoms with Crippen molar-refractivity contribution in [1.82, 2.24) is 0 Å². The topological polar surface area (TPSA) is 85.8 Å². The zero-order valence-corrected chi connectivity index (χ0v) is 18.1. The second kappa shape index (κ2) is 5.99. The molecule has 1 saturated heterocycles. The van der Waals surface area contributed by atoms with Gasteiger partial charge in [-0.3, -0.25) is 4.79 Å². The van der Waals surface area contributed by atoms with Crippen molar-refractivity contribution in [3.05, 3.63) is 34.4 Å². The van der Waals surface area contributed by atoms with Crippen molar-refractivity contribution in [3.8, 4) is 0 Å². The monoisotopic (exact) mass is 411 g/mol. The molecule has 0 unspecified atom stereocenters. The third-order valence-electron chi connectivity index (χ3n) is 10.6. The number of nitrogens with two attached hydrogens (primary N) is 1. The summed E-state index contributed by atoms with van der Waals surface area (Å²) in [5.41, 5.74) is 6.95. The fraction of sp³-hybridized carbons (Fsp3) is 0.760. The summed E-state index contributed by atoms with van der Waals surface area (Å²) in [5, 5.41) is 0. The molecule has 1 aliphatic heterocycles. The first kappa shape index (κ1) is 19.1. The van der Waals surface area contributed by atoms with Gasteiger partial charge in [-0.05, 0) is 92.1 Å². The van der Waals surface area contributed by atoms with Gasteiger partial charge >= 0.3 is 5.63 Å². The second-order valence-electron chi connectivity index (χ2n) is 11.4. The number of epoxide rings is 1. The molecule has 6 rings (SSSR count). The third-order valence-corrected chi connectivity index (χ3v) is 10.6. The largest absolute Gasteiger partial charge is 0.431 e. The smallest absolute Gasteiger partial charge is 0.335 e. The quantitative estimate of drug-likeness (QED) is 0.746. The number of hydrogen-bond acceptors (Lipinski definition) is 4. The van der Waals surface area contributed by atoms with E-state index >= 15 is 0 Å². The molecule has 0 aromatic carbocycles. The highest BCUT2D eigenvalue weighted by atomic mass is 16.6. The number of rotatable bonds is 2. The molecule has 1 spiro atoms. The van der Waals surface area contributed by atoms with Crippen LogP contribution in [0.15, 0.2) is 27.6 Å². The van der Waals surface area contributed by atoms with Gasteiger partial charge in [0.05, 0.1) is 12.4 Å². The average Bonchev–Trinajstić information content (AvgIpc) is 3.38. The summed E-state index contributed by atoms with van der Waals surface area (Å²) in [7, 11) is 0. The van der Waals surface area contributed by atoms with Crippen LogP contribution in [0.3, 0.4) is 0 Å². The van der Waals surface area contributed by atoms with Gasteiger partial charge in [0.1, 0.15) is 5.60 Å². The minimum Gasteiger partial charge on any atom is -0.431 e. The first-order valence-corrected chi connectivity index (χ1v) is 11.9. The Morgan fingerprint density at radius 3 is 2.63 bits per heavy atom. The summed E-state index contributed by atoms with van der Waals surface area (Å²) in [4.78, 5) is 23.3. The Balaban J connectivity index is 1.32. The Bertz CT molecular complexity index is 936. The summed E-state index contributed by atoms with van der Waals surface area (Å²) in [6.45, 7) is 4.94. The van der Waals surface area contributed by atoms with E-state index < -0.39 is 0 Å². The molecule has 2 N–H and O–H groups in total. The number of hydrogen-bond donors (Lipinski definition) is 1. The standard InChI is InChI=1S/C25H33NO4/c1-23-9-7-14(22(26)28)11-16(23)4-5-18-17(23)8-10-24(2)19(12-20-25(18,24)30-20)15-3-6-21(27)29-13-15/h3,6,13-14,16-20H,4-5,7-12H2,1-2H3,(H2,26,28)/t14-,16+,17-,18+,19+,20+,23-,24+,25+/m0/s1. The third kappa shape index (κ3) is 2.23. The molecule has 30 heavy (non-hydrogen) atoms. The van der Waals surface area contributed by atoms with Gasteiger partial charge in [-0.1, -0.05) is 13.8 Å². The summed E-state index contributed by atoms with van der Waals surface area (Å²) in [6.07, 6.45) is 10.9. The van der Waals surface area contributed by atoms with Crippen LogP contribution in [0.5, 0.6) is 0 Å². The van der Waals surface area contributed by atoms with Gasteiger partial charge in [0.2, 0.25) is 5.91 Å². The van der Waals surface area contributed by atoms with Crippen molar-refractivity contribution in [2.75, 3.05) is 0 Å². The van der Waals surface area contributed by atoms with Gasteiger partial charge in [0, 0.05) is 17.4 Å². The van der Waals surface area contributed by atoms with E-state index in [2.05, 4.69) is 13.8 Å². The van der Waals surface area contributed by atoms with E-state index in [-0.39, 0.29) is 28.5 Å². The Morgan fingerprint density at radius 2 is 1.90 bits per heavy atom. The fourth-order valence-corrected chi connectivity index (χ4v) is 9.02. The lowest BCUT2D eigenvalue weighted by Crippen LogP contribution is -2.58. The van der Waals surface area contributed by atoms with Crippen LogP contribution >= 0.6 is 0 Å². The first-order valence-electron chi connectivity index (χ1n) is 11.9. The van der Waals surface area contributed by atoms with Gasteiger partial charge in [-0.15, -0.1) is 0 Å². The lowest BCUT2D eigenvalue weighted by atomic mass is 9.43. The van der Waals surface area contributed by atoms with Gasteiger partial charge in [0.15, 0.2) is 0 Å². The first-order chi connectivity index (χ1) is 14.3. The van der Waals surface area contributed by atoms with E-state index in [0.717, 1.165) is 37.7 Å². The van der Waals surface area contributed by atoms with Crippen LogP contribution in [0, 0.1) is 34.5 Å². The SMILES string of the molecule is C[C@]12CC[C@H](C(N)=O)C[C@H]1CC[C@@H]1[C@@H]2CC[C@]2(C)[C@@H](c3ccc(=O)oc3)C[C@H]3O[C@]132. The number of fused-ring (bicyclic) bond motifs is 3. The van der Waals surface area contributed by atoms with E-state index in [0.29, 0.717) is 35.2 Å². The zero-order valence-electron chi connectivity index (χ0n) is 18.1. The predicted molar refractivity (Wildman–Crippen MR) is 112 cm³/mol. The molecular formula is C25H33NO4. The predicted octanol–water partition coefficient (Wildman–Crippen LogP) is 4.00. The number of primary amides is 1. The molecule has 5 nitrogen and oxygen atoms in total. The summed E-state index contributed by atoms with van der Waals surface area (Å²) >= 11 is 0. The Labute approximate surface area is 177 Å². The number of carbonyl (C=O) groups excluding carboxylic acids is 1. The van der Waals surface area contributed by atoms with E-state index in [1.807, 2.05) is 6.07 Å². The lowest BCUT2D eigenvalue weighted by Gasteiger charge is -2.61. The molecule has 5 heteroatoms. The number of carbonyl (C=O) groups is 1. The molecular weight excluding hydrogens is 378 g/mol. The minimum absolute atomic E-state index is 0.00870. The number of ether oxygens (including phenoxy) is 1. The average molecular weight is 412 g/mol. The minimum atomic E-state index is -0.278. The Kier molecular flexibility index (Phi) is 3.82. The van der Waals surface area contributed by atoms with Crippen molar-refractivity contribution >= 4 is 5.91 Å². The fourth-order valence-electron chi connectivity index (χ4n) is 9.02. The van der Waals surface area contributed by atoms with Crippen molar-refractivity contribution < 1.29 is 13.9 Å². The van der Waals surface area contributed by atoms with Gasteiger partial charge in [-0.25, -0.2) is 4.79 Å². The van der Waals surface area contributed by atoms with Crippen molar-refractivity contribution in [2.45, 2.75) is 82.8 Å². The summed E-state index contributed by atoms with van der Waals surface area (Å²) in [6, 6.07) is 3.53. The maximum atomic E-state index is 11.8. The van der Waals surface area contributed by atoms with Crippen LogP contribution in [0.25, 0.3) is 0 Å². The van der Waals surface area contributed by atoms with Crippen LogP contribution in [0.1, 0.15) is 76.7 Å². The van der Waals surface area contributed by atoms with E-state index in [1.165, 1.54) is 19.3 Å². The molecule has 4 aliphatic carbocycles. The summed E-state index contributed by atoms with van der Waals surface area (Å²) in [5.74, 6) is 2.26. The lowest BCUT2D eigenvalue weighted by molar-refractivity contribution is -0.142. The molecule has 1 aromatic rings. The molecule has 162 valence electrons. The molecule has 5 aliphatic rings. The summed E-state index contributed by atoms with van der Waals surface area (Å²) < 4.78 is 11.8.